The molecular formula is C13H24N2O4. The molecule has 6 nitrogen and oxygen atoms in total. The lowest BCUT2D eigenvalue weighted by atomic mass is 9.89. The number of hydrogen-bond acceptors (Lipinski definition) is 5. The van der Waals surface area contributed by atoms with Gasteiger partial charge in [-0.15, -0.1) is 0 Å². The van der Waals surface area contributed by atoms with Gasteiger partial charge in [0.2, 0.25) is 0 Å². The molecule has 1 heterocycles. The van der Waals surface area contributed by atoms with Gasteiger partial charge in [-0.25, -0.2) is 9.59 Å². The van der Waals surface area contributed by atoms with Crippen LogP contribution in [-0.2, 0) is 14.3 Å². The van der Waals surface area contributed by atoms with Crippen LogP contribution in [0.3, 0.4) is 0 Å². The van der Waals surface area contributed by atoms with E-state index in [1.807, 2.05) is 6.92 Å². The minimum absolute atomic E-state index is 0.363. The number of nitrogens with two attached hydrogens (primary N) is 1. The Morgan fingerprint density at radius 2 is 2.16 bits per heavy atom. The highest BCUT2D eigenvalue weighted by Gasteiger charge is 2.54. The average molecular weight is 272 g/mol. The predicted octanol–water partition coefficient (Wildman–Crippen LogP) is 1.28. The van der Waals surface area contributed by atoms with Crippen molar-refractivity contribution in [3.63, 3.8) is 0 Å². The summed E-state index contributed by atoms with van der Waals surface area (Å²) >= 11 is 0. The number of rotatable bonds is 5. The number of methoxy groups -OCH3 is 1. The van der Waals surface area contributed by atoms with Gasteiger partial charge in [-0.2, -0.15) is 0 Å². The number of hydrogen-bond donors (Lipinski definition) is 1. The third-order valence-corrected chi connectivity index (χ3v) is 3.66. The van der Waals surface area contributed by atoms with Crippen molar-refractivity contribution in [3.05, 3.63) is 0 Å². The fourth-order valence-corrected chi connectivity index (χ4v) is 2.53. The number of nitrogens with zero attached hydrogens (tertiary/aromatic N) is 1. The molecular weight excluding hydrogens is 248 g/mol. The van der Waals surface area contributed by atoms with Crippen LogP contribution in [-0.4, -0.2) is 48.8 Å². The monoisotopic (exact) mass is 272 g/mol. The SMILES string of the molecule is CCCCOC(=O)N1CCCC1(C(=O)OC)C(C)N. The Labute approximate surface area is 114 Å². The summed E-state index contributed by atoms with van der Waals surface area (Å²) in [6.45, 7) is 4.57. The first kappa shape index (κ1) is 15.8. The van der Waals surface area contributed by atoms with Crippen LogP contribution >= 0.6 is 0 Å². The van der Waals surface area contributed by atoms with E-state index >= 15 is 0 Å². The van der Waals surface area contributed by atoms with Crippen molar-refractivity contribution in [2.75, 3.05) is 20.3 Å². The van der Waals surface area contributed by atoms with Gasteiger partial charge in [-0.3, -0.25) is 4.90 Å². The molecule has 1 aliphatic rings. The quantitative estimate of drug-likeness (QED) is 0.602. The van der Waals surface area contributed by atoms with E-state index in [2.05, 4.69) is 0 Å². The number of carbonyl (C=O) groups is 2. The largest absolute Gasteiger partial charge is 0.467 e. The van der Waals surface area contributed by atoms with Crippen LogP contribution in [0.25, 0.3) is 0 Å². The maximum Gasteiger partial charge on any atom is 0.410 e. The van der Waals surface area contributed by atoms with Crippen molar-refractivity contribution in [2.45, 2.75) is 51.1 Å². The van der Waals surface area contributed by atoms with Crippen LogP contribution < -0.4 is 5.73 Å². The van der Waals surface area contributed by atoms with E-state index in [1.165, 1.54) is 12.0 Å². The van der Waals surface area contributed by atoms with Crippen molar-refractivity contribution >= 4 is 12.1 Å². The summed E-state index contributed by atoms with van der Waals surface area (Å²) in [4.78, 5) is 25.6. The number of esters is 1. The molecule has 1 amide bonds. The maximum atomic E-state index is 12.1. The Kier molecular flexibility index (Phi) is 5.60. The first-order chi connectivity index (χ1) is 9.00. The molecule has 0 aromatic heterocycles. The molecule has 0 bridgehead atoms. The Balaban J connectivity index is 2.85. The third kappa shape index (κ3) is 3.00. The number of carbonyl (C=O) groups excluding carboxylic acids is 2. The average Bonchev–Trinajstić information content (AvgIpc) is 2.83. The van der Waals surface area contributed by atoms with Gasteiger partial charge in [-0.1, -0.05) is 13.3 Å². The molecule has 1 saturated heterocycles. The molecule has 0 saturated carbocycles. The van der Waals surface area contributed by atoms with Crippen LogP contribution in [0.1, 0.15) is 39.5 Å². The van der Waals surface area contributed by atoms with Gasteiger partial charge in [0, 0.05) is 12.6 Å². The molecule has 0 aromatic carbocycles. The molecule has 1 aliphatic heterocycles. The number of amides is 1. The van der Waals surface area contributed by atoms with E-state index in [0.29, 0.717) is 19.6 Å². The fourth-order valence-electron chi connectivity index (χ4n) is 2.53. The summed E-state index contributed by atoms with van der Waals surface area (Å²) in [5, 5.41) is 0. The highest BCUT2D eigenvalue weighted by Crippen LogP contribution is 2.33. The second-order valence-corrected chi connectivity index (χ2v) is 4.93. The van der Waals surface area contributed by atoms with E-state index in [9.17, 15) is 9.59 Å². The molecule has 1 fully saturated rings. The lowest BCUT2D eigenvalue weighted by molar-refractivity contribution is -0.153. The van der Waals surface area contributed by atoms with Crippen molar-refractivity contribution in [3.8, 4) is 0 Å². The molecule has 110 valence electrons. The summed E-state index contributed by atoms with van der Waals surface area (Å²) in [7, 11) is 1.31. The molecule has 0 aromatic rings. The van der Waals surface area contributed by atoms with Crippen LogP contribution in [0, 0.1) is 0 Å². The second kappa shape index (κ2) is 6.75. The molecule has 1 rings (SSSR count). The standard InChI is InChI=1S/C13H24N2O4/c1-4-5-9-19-12(17)15-8-6-7-13(15,10(2)14)11(16)18-3/h10H,4-9,14H2,1-3H3. The van der Waals surface area contributed by atoms with Crippen LogP contribution in [0.15, 0.2) is 0 Å². The molecule has 2 unspecified atom stereocenters. The lowest BCUT2D eigenvalue weighted by Gasteiger charge is -2.37. The molecule has 2 atom stereocenters. The highest BCUT2D eigenvalue weighted by molar-refractivity contribution is 5.87. The first-order valence-electron chi connectivity index (χ1n) is 6.79. The van der Waals surface area contributed by atoms with Gasteiger partial charge in [0.1, 0.15) is 0 Å². The van der Waals surface area contributed by atoms with Crippen molar-refractivity contribution in [1.82, 2.24) is 4.90 Å². The number of ether oxygens (including phenoxy) is 2. The zero-order valence-electron chi connectivity index (χ0n) is 12.0. The zero-order chi connectivity index (χ0) is 14.5. The molecule has 2 N–H and O–H groups in total. The molecule has 0 radical (unpaired) electrons. The Bertz CT molecular complexity index is 333. The maximum absolute atomic E-state index is 12.1. The Hall–Kier alpha value is -1.30. The lowest BCUT2D eigenvalue weighted by Crippen LogP contribution is -2.62. The van der Waals surface area contributed by atoms with Crippen molar-refractivity contribution < 1.29 is 19.1 Å². The minimum Gasteiger partial charge on any atom is -0.467 e. The zero-order valence-corrected chi connectivity index (χ0v) is 12.0. The van der Waals surface area contributed by atoms with E-state index in [-0.39, 0.29) is 0 Å². The molecule has 0 aliphatic carbocycles. The Morgan fingerprint density at radius 3 is 2.68 bits per heavy atom. The van der Waals surface area contributed by atoms with Crippen molar-refractivity contribution in [1.29, 1.82) is 0 Å². The van der Waals surface area contributed by atoms with Gasteiger partial charge in [0.25, 0.3) is 0 Å². The summed E-state index contributed by atoms with van der Waals surface area (Å²) in [5.41, 5.74) is 4.86. The third-order valence-electron chi connectivity index (χ3n) is 3.66. The highest BCUT2D eigenvalue weighted by atomic mass is 16.6. The smallest absolute Gasteiger partial charge is 0.410 e. The van der Waals surface area contributed by atoms with Crippen LogP contribution in [0.4, 0.5) is 4.79 Å². The van der Waals surface area contributed by atoms with E-state index < -0.39 is 23.6 Å². The molecule has 0 spiro atoms. The van der Waals surface area contributed by atoms with Gasteiger partial charge < -0.3 is 15.2 Å². The van der Waals surface area contributed by atoms with Crippen LogP contribution in [0.2, 0.25) is 0 Å². The summed E-state index contributed by atoms with van der Waals surface area (Å²) in [6.07, 6.45) is 2.51. The first-order valence-corrected chi connectivity index (χ1v) is 6.79. The summed E-state index contributed by atoms with van der Waals surface area (Å²) < 4.78 is 10.0. The second-order valence-electron chi connectivity index (χ2n) is 4.93. The summed E-state index contributed by atoms with van der Waals surface area (Å²) in [5.74, 6) is -0.465. The van der Waals surface area contributed by atoms with E-state index in [0.717, 1.165) is 19.3 Å². The van der Waals surface area contributed by atoms with Gasteiger partial charge >= 0.3 is 12.1 Å². The number of unbranched alkanes of at least 4 members (excludes halogenated alkanes) is 1. The fraction of sp³-hybridized carbons (Fsp3) is 0.846. The Morgan fingerprint density at radius 1 is 1.47 bits per heavy atom. The van der Waals surface area contributed by atoms with Crippen LogP contribution in [0.5, 0.6) is 0 Å². The number of likely N-dealkylation sites (tertiary alicyclic amines) is 1. The van der Waals surface area contributed by atoms with Gasteiger partial charge in [0.15, 0.2) is 5.54 Å². The van der Waals surface area contributed by atoms with Crippen molar-refractivity contribution in [2.24, 2.45) is 5.73 Å². The minimum atomic E-state index is -1.09. The predicted molar refractivity (Wildman–Crippen MR) is 70.6 cm³/mol. The normalized spacial score (nSPS) is 24.1. The van der Waals surface area contributed by atoms with E-state index in [4.69, 9.17) is 15.2 Å². The van der Waals surface area contributed by atoms with E-state index in [1.54, 1.807) is 6.92 Å². The molecule has 19 heavy (non-hydrogen) atoms. The van der Waals surface area contributed by atoms with Gasteiger partial charge in [0.05, 0.1) is 13.7 Å². The summed E-state index contributed by atoms with van der Waals surface area (Å²) in [6, 6.07) is -0.499. The molecule has 6 heteroatoms. The van der Waals surface area contributed by atoms with Gasteiger partial charge in [-0.05, 0) is 26.2 Å². The topological polar surface area (TPSA) is 81.9 Å².